The number of hydrogen-bond acceptors (Lipinski definition) is 4. The molecule has 0 aromatic carbocycles. The van der Waals surface area contributed by atoms with Crippen molar-refractivity contribution in [3.05, 3.63) is 0 Å². The minimum Gasteiger partial charge on any atom is -0.355 e. The molecule has 0 atom stereocenters. The van der Waals surface area contributed by atoms with E-state index in [1.54, 1.807) is 0 Å². The van der Waals surface area contributed by atoms with E-state index >= 15 is 0 Å². The van der Waals surface area contributed by atoms with E-state index < -0.39 is 21.8 Å². The van der Waals surface area contributed by atoms with Crippen LogP contribution < -0.4 is 0 Å². The first-order chi connectivity index (χ1) is 5.89. The third kappa shape index (κ3) is 4.57. The Morgan fingerprint density at radius 2 is 1.38 bits per heavy atom. The Hall–Kier alpha value is -0.153. The van der Waals surface area contributed by atoms with Crippen LogP contribution in [0.2, 0.25) is 0 Å². The third-order valence-electron chi connectivity index (χ3n) is 1.16. The lowest BCUT2D eigenvalue weighted by molar-refractivity contribution is -0.171. The molecule has 13 heavy (non-hydrogen) atoms. The summed E-state index contributed by atoms with van der Waals surface area (Å²) >= 11 is 0. The Bertz CT molecular complexity index is 139. The minimum absolute atomic E-state index is 1.16. The van der Waals surface area contributed by atoms with Gasteiger partial charge in [-0.15, -0.1) is 0 Å². The van der Waals surface area contributed by atoms with Gasteiger partial charge in [-0.05, 0) is 0 Å². The highest BCUT2D eigenvalue weighted by Crippen LogP contribution is 2.18. The van der Waals surface area contributed by atoms with Crippen LogP contribution in [0.1, 0.15) is 0 Å². The SMILES string of the molecule is CO[Si](OC)(OC)OCC(F)(F)F. The van der Waals surface area contributed by atoms with Crippen molar-refractivity contribution < 1.29 is 30.9 Å². The van der Waals surface area contributed by atoms with Gasteiger partial charge in [0, 0.05) is 21.3 Å². The fourth-order valence-electron chi connectivity index (χ4n) is 0.597. The third-order valence-corrected chi connectivity index (χ3v) is 3.16. The van der Waals surface area contributed by atoms with Gasteiger partial charge in [0.15, 0.2) is 0 Å². The van der Waals surface area contributed by atoms with Crippen LogP contribution in [0.25, 0.3) is 0 Å². The second-order valence-corrected chi connectivity index (χ2v) is 4.53. The molecule has 0 amide bonds. The van der Waals surface area contributed by atoms with Crippen molar-refractivity contribution in [3.8, 4) is 0 Å². The Balaban J connectivity index is 4.11. The molecule has 0 aliphatic heterocycles. The molecule has 0 aromatic rings. The summed E-state index contributed by atoms with van der Waals surface area (Å²) in [6.45, 7) is -1.45. The zero-order chi connectivity index (χ0) is 10.5. The van der Waals surface area contributed by atoms with E-state index in [1.165, 1.54) is 0 Å². The van der Waals surface area contributed by atoms with Crippen molar-refractivity contribution in [1.82, 2.24) is 0 Å². The highest BCUT2D eigenvalue weighted by atomic mass is 28.4. The zero-order valence-electron chi connectivity index (χ0n) is 7.47. The highest BCUT2D eigenvalue weighted by Gasteiger charge is 2.45. The molecule has 0 radical (unpaired) electrons. The van der Waals surface area contributed by atoms with Crippen LogP contribution in [0.15, 0.2) is 0 Å². The van der Waals surface area contributed by atoms with Gasteiger partial charge in [0.25, 0.3) is 0 Å². The molecule has 0 fully saturated rings. The molecule has 0 saturated heterocycles. The van der Waals surface area contributed by atoms with Crippen molar-refractivity contribution >= 4 is 9.05 Å². The maximum absolute atomic E-state index is 11.7. The molecular formula is C5H11F3O4Si. The number of rotatable bonds is 5. The Morgan fingerprint density at radius 1 is 1.00 bits per heavy atom. The quantitative estimate of drug-likeness (QED) is 0.646. The monoisotopic (exact) mass is 220 g/mol. The van der Waals surface area contributed by atoms with Crippen molar-refractivity contribution in [2.24, 2.45) is 0 Å². The van der Waals surface area contributed by atoms with Crippen molar-refractivity contribution in [2.45, 2.75) is 6.18 Å². The first-order valence-electron chi connectivity index (χ1n) is 3.25. The van der Waals surface area contributed by atoms with Gasteiger partial charge >= 0.3 is 15.2 Å². The predicted molar refractivity (Wildman–Crippen MR) is 38.8 cm³/mol. The molecule has 0 N–H and O–H groups in total. The summed E-state index contributed by atoms with van der Waals surface area (Å²) in [5.41, 5.74) is 0. The van der Waals surface area contributed by atoms with Crippen LogP contribution in [0.4, 0.5) is 13.2 Å². The lowest BCUT2D eigenvalue weighted by atomic mass is 10.7. The van der Waals surface area contributed by atoms with Crippen LogP contribution >= 0.6 is 0 Å². The minimum atomic E-state index is -4.42. The average molecular weight is 220 g/mol. The standard InChI is InChI=1S/C5H11F3O4Si/c1-9-13(10-2,11-3)12-4-5(6,7)8/h4H2,1-3H3. The maximum Gasteiger partial charge on any atom is 0.679 e. The Kier molecular flexibility index (Phi) is 4.85. The summed E-state index contributed by atoms with van der Waals surface area (Å²) in [5.74, 6) is 0. The summed E-state index contributed by atoms with van der Waals surface area (Å²) in [6, 6.07) is 0. The largest absolute Gasteiger partial charge is 0.679 e. The van der Waals surface area contributed by atoms with E-state index in [9.17, 15) is 13.2 Å². The van der Waals surface area contributed by atoms with Crippen LogP contribution in [-0.2, 0) is 17.7 Å². The van der Waals surface area contributed by atoms with E-state index in [1.807, 2.05) is 0 Å². The summed E-state index contributed by atoms with van der Waals surface area (Å²) in [7, 11) is -0.0603. The lowest BCUT2D eigenvalue weighted by Gasteiger charge is -2.23. The molecule has 0 saturated carbocycles. The van der Waals surface area contributed by atoms with Gasteiger partial charge in [-0.25, -0.2) is 0 Å². The van der Waals surface area contributed by atoms with Gasteiger partial charge < -0.3 is 17.7 Å². The smallest absolute Gasteiger partial charge is 0.355 e. The molecular weight excluding hydrogens is 209 g/mol. The van der Waals surface area contributed by atoms with Gasteiger partial charge in [-0.3, -0.25) is 0 Å². The number of hydrogen-bond donors (Lipinski definition) is 0. The van der Waals surface area contributed by atoms with Crippen molar-refractivity contribution in [1.29, 1.82) is 0 Å². The van der Waals surface area contributed by atoms with Crippen molar-refractivity contribution in [3.63, 3.8) is 0 Å². The molecule has 0 heterocycles. The number of halogens is 3. The highest BCUT2D eigenvalue weighted by molar-refractivity contribution is 6.53. The zero-order valence-corrected chi connectivity index (χ0v) is 8.47. The van der Waals surface area contributed by atoms with Gasteiger partial charge in [0.05, 0.1) is 0 Å². The second-order valence-electron chi connectivity index (χ2n) is 2.02. The van der Waals surface area contributed by atoms with Crippen LogP contribution in [-0.4, -0.2) is 43.2 Å². The molecule has 0 aliphatic carbocycles. The summed E-state index contributed by atoms with van der Waals surface area (Å²) < 4.78 is 53.4. The first-order valence-corrected chi connectivity index (χ1v) is 4.88. The lowest BCUT2D eigenvalue weighted by Crippen LogP contribution is -2.48. The second kappa shape index (κ2) is 4.91. The van der Waals surface area contributed by atoms with Crippen LogP contribution in [0.3, 0.4) is 0 Å². The predicted octanol–water partition coefficient (Wildman–Crippen LogP) is 0.940. The van der Waals surface area contributed by atoms with E-state index in [0.29, 0.717) is 0 Å². The van der Waals surface area contributed by atoms with E-state index in [-0.39, 0.29) is 0 Å². The van der Waals surface area contributed by atoms with Gasteiger partial charge in [0.2, 0.25) is 0 Å². The number of alkyl halides is 3. The van der Waals surface area contributed by atoms with E-state index in [0.717, 1.165) is 21.3 Å². The summed E-state index contributed by atoms with van der Waals surface area (Å²) in [6.07, 6.45) is -4.42. The van der Waals surface area contributed by atoms with Crippen molar-refractivity contribution in [2.75, 3.05) is 27.9 Å². The Morgan fingerprint density at radius 3 is 1.62 bits per heavy atom. The van der Waals surface area contributed by atoms with Gasteiger partial charge in [-0.1, -0.05) is 0 Å². The molecule has 4 nitrogen and oxygen atoms in total. The maximum atomic E-state index is 11.7. The normalized spacial score (nSPS) is 13.4. The molecule has 0 rings (SSSR count). The summed E-state index contributed by atoms with van der Waals surface area (Å²) in [4.78, 5) is 0. The van der Waals surface area contributed by atoms with Gasteiger partial charge in [0.1, 0.15) is 6.61 Å². The van der Waals surface area contributed by atoms with Crippen LogP contribution in [0.5, 0.6) is 0 Å². The fourth-order valence-corrected chi connectivity index (χ4v) is 1.79. The topological polar surface area (TPSA) is 36.9 Å². The molecule has 0 aliphatic rings. The summed E-state index contributed by atoms with van der Waals surface area (Å²) in [5, 5.41) is 0. The molecule has 0 spiro atoms. The van der Waals surface area contributed by atoms with Gasteiger partial charge in [-0.2, -0.15) is 13.2 Å². The van der Waals surface area contributed by atoms with E-state index in [2.05, 4.69) is 17.7 Å². The molecule has 80 valence electrons. The molecule has 0 bridgehead atoms. The molecule has 8 heteroatoms. The Labute approximate surface area is 75.0 Å². The van der Waals surface area contributed by atoms with E-state index in [4.69, 9.17) is 0 Å². The average Bonchev–Trinajstić information content (AvgIpc) is 2.06. The molecule has 0 aromatic heterocycles. The molecule has 0 unspecified atom stereocenters. The fraction of sp³-hybridized carbons (Fsp3) is 1.00. The van der Waals surface area contributed by atoms with Crippen LogP contribution in [0, 0.1) is 0 Å². The first kappa shape index (κ1) is 12.8.